The number of ether oxygens (including phenoxy) is 1. The summed E-state index contributed by atoms with van der Waals surface area (Å²) in [6.07, 6.45) is 0.610. The molecule has 0 aromatic carbocycles. The number of rotatable bonds is 8. The van der Waals surface area contributed by atoms with Gasteiger partial charge in [0, 0.05) is 20.2 Å². The fourth-order valence-electron chi connectivity index (χ4n) is 1.86. The highest BCUT2D eigenvalue weighted by atomic mass is 32.2. The molecule has 0 atom stereocenters. The molecular weight excluding hydrogens is 268 g/mol. The van der Waals surface area contributed by atoms with Crippen LogP contribution in [0.4, 0.5) is 0 Å². The van der Waals surface area contributed by atoms with E-state index in [-0.39, 0.29) is 4.90 Å². The van der Waals surface area contributed by atoms with E-state index in [1.54, 1.807) is 21.0 Å². The molecule has 0 amide bonds. The van der Waals surface area contributed by atoms with Crippen molar-refractivity contribution in [1.29, 1.82) is 0 Å². The number of nitrogens with two attached hydrogens (primary N) is 1. The number of aromatic amines is 1. The van der Waals surface area contributed by atoms with Gasteiger partial charge in [-0.3, -0.25) is 5.10 Å². The first-order valence-electron chi connectivity index (χ1n) is 6.15. The van der Waals surface area contributed by atoms with Crippen LogP contribution in [-0.4, -0.2) is 56.3 Å². The lowest BCUT2D eigenvalue weighted by Gasteiger charge is -2.21. The van der Waals surface area contributed by atoms with Crippen molar-refractivity contribution in [3.8, 4) is 0 Å². The molecule has 0 fully saturated rings. The first-order valence-corrected chi connectivity index (χ1v) is 7.59. The van der Waals surface area contributed by atoms with Crippen molar-refractivity contribution in [2.45, 2.75) is 25.2 Å². The van der Waals surface area contributed by atoms with Gasteiger partial charge >= 0.3 is 0 Å². The molecule has 7 nitrogen and oxygen atoms in total. The van der Waals surface area contributed by atoms with Gasteiger partial charge in [0.05, 0.1) is 18.0 Å². The summed E-state index contributed by atoms with van der Waals surface area (Å²) in [5.74, 6) is 0. The fourth-order valence-corrected chi connectivity index (χ4v) is 3.66. The van der Waals surface area contributed by atoms with Crippen LogP contribution in [0.15, 0.2) is 4.90 Å². The molecule has 0 bridgehead atoms. The highest BCUT2D eigenvalue weighted by Gasteiger charge is 2.28. The second kappa shape index (κ2) is 6.99. The maximum Gasteiger partial charge on any atom is 0.246 e. The maximum atomic E-state index is 12.6. The number of H-pyrrole nitrogens is 1. The van der Waals surface area contributed by atoms with Gasteiger partial charge in [-0.1, -0.05) is 0 Å². The van der Waals surface area contributed by atoms with Crippen LogP contribution in [0.5, 0.6) is 0 Å². The molecule has 0 radical (unpaired) electrons. The number of hydrogen-bond acceptors (Lipinski definition) is 5. The summed E-state index contributed by atoms with van der Waals surface area (Å²) in [4.78, 5) is 0.251. The maximum absolute atomic E-state index is 12.6. The largest absolute Gasteiger partial charge is 0.383 e. The molecule has 1 heterocycles. The molecule has 19 heavy (non-hydrogen) atoms. The van der Waals surface area contributed by atoms with Crippen molar-refractivity contribution in [3.63, 3.8) is 0 Å². The first-order chi connectivity index (χ1) is 8.95. The van der Waals surface area contributed by atoms with Crippen molar-refractivity contribution in [1.82, 2.24) is 14.5 Å². The Hall–Kier alpha value is -0.960. The molecule has 0 saturated carbocycles. The van der Waals surface area contributed by atoms with Crippen LogP contribution in [0, 0.1) is 13.8 Å². The zero-order valence-electron chi connectivity index (χ0n) is 11.6. The molecule has 110 valence electrons. The summed E-state index contributed by atoms with van der Waals surface area (Å²) < 4.78 is 31.6. The Bertz CT molecular complexity index is 471. The number of methoxy groups -OCH3 is 1. The third kappa shape index (κ3) is 3.75. The lowest BCUT2D eigenvalue weighted by atomic mass is 10.4. The Morgan fingerprint density at radius 1 is 1.37 bits per heavy atom. The molecule has 0 aliphatic rings. The van der Waals surface area contributed by atoms with E-state index in [0.717, 1.165) is 0 Å². The lowest BCUT2D eigenvalue weighted by Crippen LogP contribution is -2.36. The van der Waals surface area contributed by atoms with Crippen molar-refractivity contribution in [2.75, 3.05) is 33.4 Å². The molecule has 0 aliphatic heterocycles. The third-order valence-corrected chi connectivity index (χ3v) is 4.98. The lowest BCUT2D eigenvalue weighted by molar-refractivity contribution is 0.178. The number of hydrogen-bond donors (Lipinski definition) is 2. The molecule has 0 spiro atoms. The van der Waals surface area contributed by atoms with E-state index in [4.69, 9.17) is 10.5 Å². The van der Waals surface area contributed by atoms with Crippen molar-refractivity contribution in [2.24, 2.45) is 5.73 Å². The Labute approximate surface area is 114 Å². The zero-order chi connectivity index (χ0) is 14.5. The van der Waals surface area contributed by atoms with Gasteiger partial charge in [0.1, 0.15) is 4.90 Å². The Kier molecular flexibility index (Phi) is 5.92. The van der Waals surface area contributed by atoms with E-state index in [9.17, 15) is 8.42 Å². The monoisotopic (exact) mass is 290 g/mol. The van der Waals surface area contributed by atoms with Crippen LogP contribution >= 0.6 is 0 Å². The number of sulfonamides is 1. The van der Waals surface area contributed by atoms with Gasteiger partial charge in [-0.2, -0.15) is 9.40 Å². The molecule has 0 saturated heterocycles. The van der Waals surface area contributed by atoms with Gasteiger partial charge in [-0.15, -0.1) is 0 Å². The Morgan fingerprint density at radius 2 is 2.05 bits per heavy atom. The summed E-state index contributed by atoms with van der Waals surface area (Å²) >= 11 is 0. The average molecular weight is 290 g/mol. The van der Waals surface area contributed by atoms with Gasteiger partial charge in [-0.25, -0.2) is 8.42 Å². The summed E-state index contributed by atoms with van der Waals surface area (Å²) in [7, 11) is -2.02. The minimum Gasteiger partial charge on any atom is -0.383 e. The van der Waals surface area contributed by atoms with E-state index >= 15 is 0 Å². The van der Waals surface area contributed by atoms with Crippen molar-refractivity contribution < 1.29 is 13.2 Å². The third-order valence-electron chi connectivity index (χ3n) is 2.81. The van der Waals surface area contributed by atoms with Gasteiger partial charge in [0.25, 0.3) is 0 Å². The molecule has 1 aromatic rings. The van der Waals surface area contributed by atoms with Crippen LogP contribution in [0.25, 0.3) is 0 Å². The summed E-state index contributed by atoms with van der Waals surface area (Å²) in [6, 6.07) is 0. The van der Waals surface area contributed by atoms with E-state index in [1.165, 1.54) is 4.31 Å². The smallest absolute Gasteiger partial charge is 0.246 e. The van der Waals surface area contributed by atoms with Crippen molar-refractivity contribution in [3.05, 3.63) is 11.4 Å². The van der Waals surface area contributed by atoms with Gasteiger partial charge in [0.2, 0.25) is 10.0 Å². The average Bonchev–Trinajstić information content (AvgIpc) is 2.69. The molecule has 3 N–H and O–H groups in total. The van der Waals surface area contributed by atoms with E-state index < -0.39 is 10.0 Å². The van der Waals surface area contributed by atoms with Gasteiger partial charge < -0.3 is 10.5 Å². The van der Waals surface area contributed by atoms with E-state index in [0.29, 0.717) is 44.0 Å². The molecule has 1 aromatic heterocycles. The number of nitrogens with one attached hydrogen (secondary N) is 1. The predicted octanol–water partition coefficient (Wildman–Crippen LogP) is 0.0124. The highest BCUT2D eigenvalue weighted by molar-refractivity contribution is 7.89. The minimum atomic E-state index is -3.56. The van der Waals surface area contributed by atoms with Gasteiger partial charge in [-0.05, 0) is 26.8 Å². The Morgan fingerprint density at radius 3 is 2.53 bits per heavy atom. The van der Waals surface area contributed by atoms with Crippen LogP contribution in [0.2, 0.25) is 0 Å². The number of aromatic nitrogens is 2. The SMILES string of the molecule is COCCN(CCCN)S(=O)(=O)c1c(C)n[nH]c1C. The zero-order valence-corrected chi connectivity index (χ0v) is 12.5. The second-order valence-electron chi connectivity index (χ2n) is 4.30. The van der Waals surface area contributed by atoms with Gasteiger partial charge in [0.15, 0.2) is 0 Å². The molecule has 8 heteroatoms. The topological polar surface area (TPSA) is 101 Å². The van der Waals surface area contributed by atoms with Crippen LogP contribution in [0.3, 0.4) is 0 Å². The predicted molar refractivity (Wildman–Crippen MR) is 72.4 cm³/mol. The quantitative estimate of drug-likeness (QED) is 0.702. The standard InChI is InChI=1S/C11H22N4O3S/c1-9-11(10(2)14-13-9)19(16,17)15(6-4-5-12)7-8-18-3/h4-8,12H2,1-3H3,(H,13,14). The number of aryl methyl sites for hydroxylation is 2. The first kappa shape index (κ1) is 16.1. The minimum absolute atomic E-state index is 0.251. The van der Waals surface area contributed by atoms with Crippen LogP contribution in [-0.2, 0) is 14.8 Å². The summed E-state index contributed by atoms with van der Waals surface area (Å²) in [5.41, 5.74) is 6.48. The normalized spacial score (nSPS) is 12.3. The van der Waals surface area contributed by atoms with E-state index in [1.807, 2.05) is 0 Å². The second-order valence-corrected chi connectivity index (χ2v) is 6.18. The number of nitrogens with zero attached hydrogens (tertiary/aromatic N) is 2. The highest BCUT2D eigenvalue weighted by Crippen LogP contribution is 2.21. The summed E-state index contributed by atoms with van der Waals surface area (Å²) in [5, 5.41) is 6.64. The van der Waals surface area contributed by atoms with Crippen molar-refractivity contribution >= 4 is 10.0 Å². The Balaban J connectivity index is 3.04. The van der Waals surface area contributed by atoms with E-state index in [2.05, 4.69) is 10.2 Å². The van der Waals surface area contributed by atoms with Crippen LogP contribution in [0.1, 0.15) is 17.8 Å². The fraction of sp³-hybridized carbons (Fsp3) is 0.727. The molecule has 0 unspecified atom stereocenters. The molecular formula is C11H22N4O3S. The molecule has 1 rings (SSSR count). The summed E-state index contributed by atoms with van der Waals surface area (Å²) in [6.45, 7) is 4.86. The molecule has 0 aliphatic carbocycles. The van der Waals surface area contributed by atoms with Crippen LogP contribution < -0.4 is 5.73 Å².